The van der Waals surface area contributed by atoms with Crippen LogP contribution >= 0.6 is 0 Å². The van der Waals surface area contributed by atoms with Crippen molar-refractivity contribution in [2.45, 2.75) is 26.2 Å². The van der Waals surface area contributed by atoms with E-state index in [1.54, 1.807) is 0 Å². The second-order valence-corrected chi connectivity index (χ2v) is 24.3. The Morgan fingerprint density at radius 3 is 1.33 bits per heavy atom. The van der Waals surface area contributed by atoms with E-state index in [0.717, 1.165) is 27.8 Å². The van der Waals surface area contributed by atoms with E-state index in [4.69, 9.17) is 24.8 Å². The summed E-state index contributed by atoms with van der Waals surface area (Å²) in [5.41, 5.74) is 7.26. The lowest BCUT2D eigenvalue weighted by molar-refractivity contribution is 0.444. The van der Waals surface area contributed by atoms with Crippen LogP contribution in [-0.2, 0) is 5.41 Å². The van der Waals surface area contributed by atoms with E-state index in [9.17, 15) is 20.6 Å². The summed E-state index contributed by atoms with van der Waals surface area (Å²) in [6.45, 7) is 3.50. The average molecular weight is 1180 g/mol. The van der Waals surface area contributed by atoms with Crippen LogP contribution in [0.25, 0.3) is 72.0 Å². The topological polar surface area (TPSA) is 39.1 Å². The second kappa shape index (κ2) is 19.4. The van der Waals surface area contributed by atoms with Gasteiger partial charge in [0, 0.05) is 83.9 Å². The van der Waals surface area contributed by atoms with Crippen molar-refractivity contribution < 1.29 is 37.5 Å². The number of para-hydroxylation sites is 4. The van der Waals surface area contributed by atoms with Gasteiger partial charge in [0.2, 0.25) is 0 Å². The van der Waals surface area contributed by atoms with Gasteiger partial charge in [-0.15, -0.1) is 0 Å². The quantitative estimate of drug-likeness (QED) is 0.149. The molecule has 6 heterocycles. The van der Waals surface area contributed by atoms with E-state index in [-0.39, 0.29) is 112 Å². The highest BCUT2D eigenvalue weighted by molar-refractivity contribution is 7.04. The standard InChI is InChI=1S/C82H54B3N3O3/c1-82(2,3)53-46-64-73-65(47-53)88(79-56(51-28-12-6-13-29-51)36-21-37-57(79)52-30-14-7-15-31-52)80-60(44-45-63(72(80)83)86-61-38-18-16-32-58(61)59-33-17-19-39-62(59)86)84(73)74-66(87(64)78-54(49-24-8-4-9-25-49)34-20-35-55(78)50-26-10-5-11-27-50)48-71-77-81(74)91-70-43-23-41-68-76(70)85(77)75-67(89-68)40-22-42-69(75)90-71/h4-48H,1-3H3/i16D,17D,18D,19D,22D,23D,32D,33D,38D,39D,40D,41D,42D,43D,44D,45D,48D. The first-order valence-corrected chi connectivity index (χ1v) is 30.0. The lowest BCUT2D eigenvalue weighted by Gasteiger charge is -2.48. The molecular weight excluding hydrogens is 1110 g/mol. The minimum Gasteiger partial charge on any atom is -0.459 e. The Kier molecular flexibility index (Phi) is 8.04. The first kappa shape index (κ1) is 37.6. The van der Waals surface area contributed by atoms with Gasteiger partial charge in [-0.3, -0.25) is 0 Å². The third kappa shape index (κ3) is 7.46. The SMILES string of the molecule is [2H]c1c([2H])c2c3c(c1[2H])Oc1c([2H])c4c(c5c1B3c1c(c([2H])c([2H])c([2H])c1O5)O2)B1c2c(cc(C(C)(C)C)cc2N(c2c(-c3ccccc3)cccc2-c2ccccc2)c2c([B])c(-n3c5c([2H])c([2H])c([2H])c([2H])c5c5c([2H])c([2H])c([2H])c([2H])c53)c([2H])c([2H])c21)N4c1c(-c2ccccc2)cccc1-c1ccccc1. The Balaban J connectivity index is 1.07. The van der Waals surface area contributed by atoms with Crippen molar-refractivity contribution >= 4 is 115 Å². The van der Waals surface area contributed by atoms with Crippen LogP contribution in [-0.4, -0.2) is 25.8 Å². The molecule has 0 atom stereocenters. The van der Waals surface area contributed by atoms with Crippen molar-refractivity contribution in [1.29, 1.82) is 0 Å². The van der Waals surface area contributed by atoms with Crippen molar-refractivity contribution in [3.63, 3.8) is 0 Å². The Bertz CT molecular complexity index is 6250. The smallest absolute Gasteiger partial charge is 0.270 e. The van der Waals surface area contributed by atoms with E-state index < -0.39 is 116 Å². The number of ether oxygens (including phenoxy) is 3. The van der Waals surface area contributed by atoms with Crippen molar-refractivity contribution in [3.05, 3.63) is 278 Å². The van der Waals surface area contributed by atoms with Crippen molar-refractivity contribution in [1.82, 2.24) is 4.57 Å². The summed E-state index contributed by atoms with van der Waals surface area (Å²) >= 11 is 0. The van der Waals surface area contributed by atoms with Gasteiger partial charge >= 0.3 is 0 Å². The predicted octanol–water partition coefficient (Wildman–Crippen LogP) is 16.5. The van der Waals surface area contributed by atoms with Crippen molar-refractivity contribution in [2.75, 3.05) is 9.80 Å². The Labute approximate surface area is 554 Å². The molecule has 5 aliphatic rings. The van der Waals surface area contributed by atoms with Gasteiger partial charge in [-0.05, 0) is 104 Å². The third-order valence-electron chi connectivity index (χ3n) is 18.4. The number of anilines is 6. The number of hydrogen-bond acceptors (Lipinski definition) is 5. The van der Waals surface area contributed by atoms with E-state index in [1.165, 1.54) is 4.57 Å². The van der Waals surface area contributed by atoms with Gasteiger partial charge in [-0.1, -0.05) is 238 Å². The van der Waals surface area contributed by atoms with Gasteiger partial charge in [0.1, 0.15) is 42.3 Å². The number of nitrogens with zero attached hydrogens (tertiary/aromatic N) is 3. The largest absolute Gasteiger partial charge is 0.459 e. The molecule has 0 spiro atoms. The summed E-state index contributed by atoms with van der Waals surface area (Å²) in [6.07, 6.45) is 0. The monoisotopic (exact) mass is 1180 g/mol. The number of benzene rings is 13. The molecule has 0 saturated heterocycles. The first-order chi connectivity index (χ1) is 51.8. The number of rotatable bonds is 7. The fourth-order valence-corrected chi connectivity index (χ4v) is 14.5. The molecule has 0 unspecified atom stereocenters. The zero-order chi connectivity index (χ0) is 75.2. The summed E-state index contributed by atoms with van der Waals surface area (Å²) in [4.78, 5) is 4.00. The number of fused-ring (bicyclic) bond motifs is 8. The van der Waals surface area contributed by atoms with Gasteiger partial charge in [-0.2, -0.15) is 0 Å². The van der Waals surface area contributed by atoms with Gasteiger partial charge in [-0.25, -0.2) is 0 Å². The molecule has 5 aliphatic heterocycles. The normalized spacial score (nSPS) is 16.1. The van der Waals surface area contributed by atoms with Crippen LogP contribution in [0.15, 0.2) is 273 Å². The summed E-state index contributed by atoms with van der Waals surface area (Å²) in [7, 11) is 8.32. The second-order valence-electron chi connectivity index (χ2n) is 24.3. The molecule has 2 radical (unpaired) electrons. The van der Waals surface area contributed by atoms with Crippen LogP contribution in [0.3, 0.4) is 0 Å². The molecule has 19 rings (SSSR count). The summed E-state index contributed by atoms with van der Waals surface area (Å²) < 4.78 is 189. The fraction of sp³-hybridized carbons (Fsp3) is 0.0488. The summed E-state index contributed by atoms with van der Waals surface area (Å²) in [5, 5.41) is -0.576. The fourth-order valence-electron chi connectivity index (χ4n) is 14.5. The average Bonchev–Trinajstić information content (AvgIpc) is 0.936. The van der Waals surface area contributed by atoms with E-state index in [1.807, 2.05) is 168 Å². The molecule has 1 aromatic heterocycles. The highest BCUT2D eigenvalue weighted by Crippen LogP contribution is 2.56. The van der Waals surface area contributed by atoms with E-state index in [0.29, 0.717) is 50.5 Å². The Hall–Kier alpha value is -11.1. The van der Waals surface area contributed by atoms with E-state index in [2.05, 4.69) is 32.9 Å². The Morgan fingerprint density at radius 1 is 0.385 bits per heavy atom. The molecule has 0 N–H and O–H groups in total. The van der Waals surface area contributed by atoms with Crippen molar-refractivity contribution in [3.8, 4) is 84.7 Å². The molecule has 9 heteroatoms. The van der Waals surface area contributed by atoms with Gasteiger partial charge in [0.15, 0.2) is 0 Å². The van der Waals surface area contributed by atoms with Gasteiger partial charge in [0.05, 0.1) is 45.7 Å². The van der Waals surface area contributed by atoms with E-state index >= 15 is 0 Å². The third-order valence-corrected chi connectivity index (χ3v) is 18.4. The maximum atomic E-state index is 11.5. The maximum Gasteiger partial charge on any atom is 0.270 e. The maximum absolute atomic E-state index is 11.5. The predicted molar refractivity (Wildman–Crippen MR) is 378 cm³/mol. The lowest BCUT2D eigenvalue weighted by Crippen LogP contribution is -2.66. The van der Waals surface area contributed by atoms with Crippen LogP contribution in [0.4, 0.5) is 34.1 Å². The molecule has 0 fully saturated rings. The minimum absolute atomic E-state index is 0.0236. The number of aromatic nitrogens is 1. The van der Waals surface area contributed by atoms with Crippen molar-refractivity contribution in [2.24, 2.45) is 0 Å². The summed E-state index contributed by atoms with van der Waals surface area (Å²) in [5.74, 6) is -1.16. The summed E-state index contributed by atoms with van der Waals surface area (Å²) in [6, 6.07) is 44.7. The van der Waals surface area contributed by atoms with Crippen LogP contribution < -0.4 is 62.3 Å². The molecule has 0 bridgehead atoms. The molecule has 0 amide bonds. The van der Waals surface area contributed by atoms with Gasteiger partial charge < -0.3 is 28.6 Å². The number of hydrogen-bond donors (Lipinski definition) is 0. The molecule has 424 valence electrons. The minimum atomic E-state index is -1.43. The molecule has 0 saturated carbocycles. The molecular formula is C82H54B3N3O3. The van der Waals surface area contributed by atoms with Crippen LogP contribution in [0.5, 0.6) is 34.5 Å². The first-order valence-electron chi connectivity index (χ1n) is 38.5. The zero-order valence-corrected chi connectivity index (χ0v) is 49.0. The zero-order valence-electron chi connectivity index (χ0n) is 66.0. The van der Waals surface area contributed by atoms with Crippen LogP contribution in [0.1, 0.15) is 49.6 Å². The molecule has 0 aliphatic carbocycles. The molecule has 6 nitrogen and oxygen atoms in total. The lowest BCUT2D eigenvalue weighted by atomic mass is 9.29. The highest BCUT2D eigenvalue weighted by atomic mass is 16.5. The van der Waals surface area contributed by atoms with Crippen LogP contribution in [0.2, 0.25) is 0 Å². The molecule has 13 aromatic carbocycles. The Morgan fingerprint density at radius 2 is 0.835 bits per heavy atom. The van der Waals surface area contributed by atoms with Crippen LogP contribution in [0, 0.1) is 0 Å². The van der Waals surface area contributed by atoms with Gasteiger partial charge in [0.25, 0.3) is 13.4 Å². The molecule has 91 heavy (non-hydrogen) atoms. The highest BCUT2D eigenvalue weighted by Gasteiger charge is 2.53. The molecule has 14 aromatic rings.